The molecule has 1 amide bonds. The number of furan rings is 1. The summed E-state index contributed by atoms with van der Waals surface area (Å²) in [5.74, 6) is 1.08. The molecular formula is C22H22N4O5. The van der Waals surface area contributed by atoms with E-state index >= 15 is 0 Å². The highest BCUT2D eigenvalue weighted by Gasteiger charge is 2.25. The number of carbonyl (C=O) groups is 1. The maximum atomic E-state index is 13.1. The summed E-state index contributed by atoms with van der Waals surface area (Å²) in [5.41, 5.74) is 2.31. The van der Waals surface area contributed by atoms with Crippen molar-refractivity contribution >= 4 is 22.5 Å². The lowest BCUT2D eigenvalue weighted by Gasteiger charge is -2.23. The molecule has 0 bridgehead atoms. The van der Waals surface area contributed by atoms with Gasteiger partial charge >= 0.3 is 0 Å². The fourth-order valence-corrected chi connectivity index (χ4v) is 3.92. The Morgan fingerprint density at radius 2 is 1.97 bits per heavy atom. The molecule has 2 atom stereocenters. The third kappa shape index (κ3) is 3.22. The van der Waals surface area contributed by atoms with E-state index in [4.69, 9.17) is 13.9 Å². The molecule has 1 aliphatic rings. The van der Waals surface area contributed by atoms with Crippen LogP contribution >= 0.6 is 0 Å². The largest absolute Gasteiger partial charge is 0.486 e. The minimum Gasteiger partial charge on any atom is -0.486 e. The molecule has 0 radical (unpaired) electrons. The van der Waals surface area contributed by atoms with Gasteiger partial charge in [0.1, 0.15) is 31.1 Å². The Kier molecular flexibility index (Phi) is 4.65. The van der Waals surface area contributed by atoms with Crippen molar-refractivity contribution in [2.24, 2.45) is 0 Å². The van der Waals surface area contributed by atoms with E-state index in [1.54, 1.807) is 22.8 Å². The summed E-state index contributed by atoms with van der Waals surface area (Å²) in [5, 5.41) is 7.26. The van der Waals surface area contributed by atoms with Crippen LogP contribution in [-0.4, -0.2) is 33.3 Å². The minimum atomic E-state index is -0.738. The van der Waals surface area contributed by atoms with Crippen LogP contribution in [0, 0.1) is 0 Å². The second-order valence-corrected chi connectivity index (χ2v) is 7.51. The van der Waals surface area contributed by atoms with Gasteiger partial charge in [-0.2, -0.15) is 5.10 Å². The fourth-order valence-electron chi connectivity index (χ4n) is 3.92. The van der Waals surface area contributed by atoms with E-state index < -0.39 is 6.04 Å². The first-order chi connectivity index (χ1) is 15.1. The monoisotopic (exact) mass is 422 g/mol. The Labute approximate surface area is 177 Å². The van der Waals surface area contributed by atoms with E-state index in [2.05, 4.69) is 10.4 Å². The quantitative estimate of drug-likeness (QED) is 0.531. The van der Waals surface area contributed by atoms with E-state index in [-0.39, 0.29) is 17.5 Å². The van der Waals surface area contributed by atoms with Gasteiger partial charge in [0.2, 0.25) is 5.91 Å². The molecule has 0 spiro atoms. The second-order valence-electron chi connectivity index (χ2n) is 7.51. The zero-order chi connectivity index (χ0) is 21.5. The van der Waals surface area contributed by atoms with Crippen molar-refractivity contribution in [3.63, 3.8) is 0 Å². The fraction of sp³-hybridized carbons (Fsp3) is 0.318. The van der Waals surface area contributed by atoms with Gasteiger partial charge in [-0.1, -0.05) is 13.0 Å². The topological polar surface area (TPSA) is 100 Å². The minimum absolute atomic E-state index is 0.279. The van der Waals surface area contributed by atoms with Gasteiger partial charge in [0.05, 0.1) is 17.8 Å². The molecule has 1 aromatic carbocycles. The van der Waals surface area contributed by atoms with Gasteiger partial charge in [-0.05, 0) is 31.0 Å². The number of carbonyl (C=O) groups excluding carboxylic acids is 1. The molecule has 5 rings (SSSR count). The van der Waals surface area contributed by atoms with Gasteiger partial charge in [0, 0.05) is 12.1 Å². The maximum Gasteiger partial charge on any atom is 0.291 e. The normalized spacial score (nSPS) is 15.2. The number of hydrogen-bond donors (Lipinski definition) is 1. The molecule has 9 heteroatoms. The van der Waals surface area contributed by atoms with Crippen molar-refractivity contribution in [3.05, 3.63) is 58.8 Å². The van der Waals surface area contributed by atoms with Gasteiger partial charge in [0.25, 0.3) is 5.56 Å². The predicted molar refractivity (Wildman–Crippen MR) is 113 cm³/mol. The SMILES string of the molecule is CCC(C(=O)NC(C)c1ccc2c(c1)OCCO2)n1ncn2c(cc3occc32)c1=O. The molecule has 0 saturated carbocycles. The van der Waals surface area contributed by atoms with Crippen molar-refractivity contribution in [3.8, 4) is 11.5 Å². The molecular weight excluding hydrogens is 400 g/mol. The molecule has 1 N–H and O–H groups in total. The molecule has 4 heterocycles. The first-order valence-corrected chi connectivity index (χ1v) is 10.2. The predicted octanol–water partition coefficient (Wildman–Crippen LogP) is 2.84. The Balaban J connectivity index is 1.41. The maximum absolute atomic E-state index is 13.1. The first-order valence-electron chi connectivity index (χ1n) is 10.2. The van der Waals surface area contributed by atoms with Crippen LogP contribution in [0.1, 0.15) is 37.9 Å². The van der Waals surface area contributed by atoms with E-state index in [9.17, 15) is 9.59 Å². The lowest BCUT2D eigenvalue weighted by Crippen LogP contribution is -2.39. The van der Waals surface area contributed by atoms with Crippen molar-refractivity contribution < 1.29 is 18.7 Å². The van der Waals surface area contributed by atoms with E-state index in [0.717, 1.165) is 11.1 Å². The molecule has 3 aromatic heterocycles. The molecule has 160 valence electrons. The third-order valence-electron chi connectivity index (χ3n) is 5.59. The van der Waals surface area contributed by atoms with Crippen LogP contribution < -0.4 is 20.3 Å². The third-order valence-corrected chi connectivity index (χ3v) is 5.59. The van der Waals surface area contributed by atoms with Crippen LogP contribution in [0.2, 0.25) is 0 Å². The van der Waals surface area contributed by atoms with Crippen molar-refractivity contribution in [2.75, 3.05) is 13.2 Å². The molecule has 31 heavy (non-hydrogen) atoms. The first kappa shape index (κ1) is 19.2. The number of rotatable bonds is 5. The molecule has 1 aliphatic heterocycles. The van der Waals surface area contributed by atoms with Crippen LogP contribution in [-0.2, 0) is 4.79 Å². The number of fused-ring (bicyclic) bond motifs is 4. The average molecular weight is 422 g/mol. The zero-order valence-corrected chi connectivity index (χ0v) is 17.2. The molecule has 0 fully saturated rings. The van der Waals surface area contributed by atoms with Crippen molar-refractivity contribution in [2.45, 2.75) is 32.4 Å². The van der Waals surface area contributed by atoms with E-state index in [1.807, 2.05) is 32.0 Å². The summed E-state index contributed by atoms with van der Waals surface area (Å²) in [4.78, 5) is 26.1. The summed E-state index contributed by atoms with van der Waals surface area (Å²) in [6, 6.07) is 8.01. The van der Waals surface area contributed by atoms with Crippen molar-refractivity contribution in [1.82, 2.24) is 19.5 Å². The van der Waals surface area contributed by atoms with Gasteiger partial charge in [-0.3, -0.25) is 14.0 Å². The molecule has 2 unspecified atom stereocenters. The lowest BCUT2D eigenvalue weighted by molar-refractivity contribution is -0.125. The summed E-state index contributed by atoms with van der Waals surface area (Å²) in [6.45, 7) is 4.75. The van der Waals surface area contributed by atoms with Gasteiger partial charge < -0.3 is 19.2 Å². The van der Waals surface area contributed by atoms with E-state index in [1.165, 1.54) is 11.0 Å². The number of amides is 1. The number of nitrogens with zero attached hydrogens (tertiary/aromatic N) is 3. The van der Waals surface area contributed by atoms with Gasteiger partial charge in [-0.25, -0.2) is 4.68 Å². The van der Waals surface area contributed by atoms with Crippen LogP contribution in [0.5, 0.6) is 11.5 Å². The molecule has 0 aliphatic carbocycles. The van der Waals surface area contributed by atoms with Crippen LogP contribution in [0.4, 0.5) is 0 Å². The Morgan fingerprint density at radius 3 is 2.77 bits per heavy atom. The van der Waals surface area contributed by atoms with E-state index in [0.29, 0.717) is 42.2 Å². The summed E-state index contributed by atoms with van der Waals surface area (Å²) >= 11 is 0. The lowest BCUT2D eigenvalue weighted by atomic mass is 10.1. The van der Waals surface area contributed by atoms with Crippen LogP contribution in [0.15, 0.2) is 52.1 Å². The average Bonchev–Trinajstić information content (AvgIpc) is 3.37. The Morgan fingerprint density at radius 1 is 1.16 bits per heavy atom. The smallest absolute Gasteiger partial charge is 0.291 e. The van der Waals surface area contributed by atoms with Crippen LogP contribution in [0.3, 0.4) is 0 Å². The highest BCUT2D eigenvalue weighted by molar-refractivity contribution is 5.83. The number of benzene rings is 1. The number of ether oxygens (including phenoxy) is 2. The molecule has 4 aromatic rings. The van der Waals surface area contributed by atoms with Crippen LogP contribution in [0.25, 0.3) is 16.6 Å². The number of hydrogen-bond acceptors (Lipinski definition) is 6. The molecule has 0 saturated heterocycles. The van der Waals surface area contributed by atoms with Gasteiger partial charge in [-0.15, -0.1) is 0 Å². The summed E-state index contributed by atoms with van der Waals surface area (Å²) < 4.78 is 19.5. The Hall–Kier alpha value is -3.75. The highest BCUT2D eigenvalue weighted by atomic mass is 16.6. The number of aromatic nitrogens is 3. The van der Waals surface area contributed by atoms with Crippen molar-refractivity contribution in [1.29, 1.82) is 0 Å². The van der Waals surface area contributed by atoms with Gasteiger partial charge in [0.15, 0.2) is 17.1 Å². The number of nitrogens with one attached hydrogen (secondary N) is 1. The summed E-state index contributed by atoms with van der Waals surface area (Å²) in [7, 11) is 0. The highest BCUT2D eigenvalue weighted by Crippen LogP contribution is 2.32. The second kappa shape index (κ2) is 7.50. The summed E-state index contributed by atoms with van der Waals surface area (Å²) in [6.07, 6.45) is 3.51. The Bertz CT molecular complexity index is 1330. The zero-order valence-electron chi connectivity index (χ0n) is 17.2. The standard InChI is InChI=1S/C22H22N4O5/c1-3-15(26-22(28)17-11-19-16(6-7-29-19)25(17)12-23-26)21(27)24-13(2)14-4-5-18-20(10-14)31-9-8-30-18/h4-7,10-13,15H,3,8-9H2,1-2H3,(H,24,27). The molecule has 9 nitrogen and oxygen atoms in total.